The van der Waals surface area contributed by atoms with Crippen LogP contribution >= 0.6 is 0 Å². The van der Waals surface area contributed by atoms with Gasteiger partial charge in [-0.1, -0.05) is 11.6 Å². The van der Waals surface area contributed by atoms with E-state index in [-0.39, 0.29) is 5.91 Å². The number of amides is 1. The Morgan fingerprint density at radius 2 is 2.05 bits per heavy atom. The number of rotatable bonds is 4. The summed E-state index contributed by atoms with van der Waals surface area (Å²) in [5.74, 6) is 0.333. The monoisotopic (exact) mass is 271 g/mol. The van der Waals surface area contributed by atoms with Crippen molar-refractivity contribution < 1.29 is 9.53 Å². The van der Waals surface area contributed by atoms with Crippen LogP contribution in [0.5, 0.6) is 5.88 Å². The van der Waals surface area contributed by atoms with E-state index < -0.39 is 0 Å². The topological polar surface area (TPSA) is 63.2 Å². The Kier molecular flexibility index (Phi) is 4.20. The number of pyridine rings is 1. The minimum atomic E-state index is -0.176. The van der Waals surface area contributed by atoms with Crippen LogP contribution in [-0.2, 0) is 0 Å². The number of carbonyl (C=O) groups is 1. The molecule has 0 saturated heterocycles. The minimum absolute atomic E-state index is 0.176. The standard InChI is InChI=1S/C15H17N3O2/c1-10-4-6-13(16-2)12(8-10)15(19)18-11-5-7-14(20-3)17-9-11/h4-9,16H,1-3H3,(H,18,19). The number of methoxy groups -OCH3 is 1. The van der Waals surface area contributed by atoms with Crippen molar-refractivity contribution in [3.05, 3.63) is 47.7 Å². The van der Waals surface area contributed by atoms with Crippen LogP contribution in [0, 0.1) is 6.92 Å². The first-order chi connectivity index (χ1) is 9.63. The van der Waals surface area contributed by atoms with Gasteiger partial charge in [-0.2, -0.15) is 0 Å². The number of ether oxygens (including phenoxy) is 1. The van der Waals surface area contributed by atoms with E-state index in [0.29, 0.717) is 17.1 Å². The molecule has 20 heavy (non-hydrogen) atoms. The van der Waals surface area contributed by atoms with Crippen LogP contribution < -0.4 is 15.4 Å². The van der Waals surface area contributed by atoms with E-state index in [1.807, 2.05) is 25.1 Å². The second kappa shape index (κ2) is 6.06. The minimum Gasteiger partial charge on any atom is -0.481 e. The summed E-state index contributed by atoms with van der Waals surface area (Å²) < 4.78 is 4.98. The highest BCUT2D eigenvalue weighted by atomic mass is 16.5. The van der Waals surface area contributed by atoms with Crippen LogP contribution in [0.1, 0.15) is 15.9 Å². The largest absolute Gasteiger partial charge is 0.481 e. The van der Waals surface area contributed by atoms with Gasteiger partial charge < -0.3 is 15.4 Å². The van der Waals surface area contributed by atoms with Gasteiger partial charge in [-0.05, 0) is 25.1 Å². The number of nitrogens with zero attached hydrogens (tertiary/aromatic N) is 1. The van der Waals surface area contributed by atoms with Gasteiger partial charge in [0, 0.05) is 18.8 Å². The molecule has 1 aromatic carbocycles. The first kappa shape index (κ1) is 13.9. The number of benzene rings is 1. The quantitative estimate of drug-likeness (QED) is 0.897. The maximum atomic E-state index is 12.3. The molecule has 1 aromatic heterocycles. The molecule has 0 aliphatic heterocycles. The summed E-state index contributed by atoms with van der Waals surface area (Å²) in [6.45, 7) is 1.95. The average molecular weight is 271 g/mol. The first-order valence-corrected chi connectivity index (χ1v) is 6.24. The molecular weight excluding hydrogens is 254 g/mol. The zero-order chi connectivity index (χ0) is 14.5. The second-order valence-corrected chi connectivity index (χ2v) is 4.34. The Morgan fingerprint density at radius 1 is 1.25 bits per heavy atom. The molecule has 0 atom stereocenters. The van der Waals surface area contributed by atoms with Crippen molar-refractivity contribution in [3.63, 3.8) is 0 Å². The van der Waals surface area contributed by atoms with Crippen LogP contribution in [0.2, 0.25) is 0 Å². The molecule has 2 aromatic rings. The van der Waals surface area contributed by atoms with Gasteiger partial charge in [-0.15, -0.1) is 0 Å². The highest BCUT2D eigenvalue weighted by Gasteiger charge is 2.11. The van der Waals surface area contributed by atoms with E-state index in [9.17, 15) is 4.79 Å². The smallest absolute Gasteiger partial charge is 0.257 e. The van der Waals surface area contributed by atoms with Gasteiger partial charge in [0.05, 0.1) is 24.6 Å². The number of anilines is 2. The van der Waals surface area contributed by atoms with Gasteiger partial charge in [-0.25, -0.2) is 4.98 Å². The molecule has 0 saturated carbocycles. The predicted octanol–water partition coefficient (Wildman–Crippen LogP) is 2.69. The predicted molar refractivity (Wildman–Crippen MR) is 79.5 cm³/mol. The zero-order valence-electron chi connectivity index (χ0n) is 11.7. The Balaban J connectivity index is 2.20. The van der Waals surface area contributed by atoms with Crippen molar-refractivity contribution in [2.24, 2.45) is 0 Å². The summed E-state index contributed by atoms with van der Waals surface area (Å²) in [6, 6.07) is 9.13. The van der Waals surface area contributed by atoms with E-state index in [2.05, 4.69) is 15.6 Å². The fraction of sp³-hybridized carbons (Fsp3) is 0.200. The van der Waals surface area contributed by atoms with Crippen molar-refractivity contribution in [2.45, 2.75) is 6.92 Å². The van der Waals surface area contributed by atoms with Crippen LogP contribution in [0.15, 0.2) is 36.5 Å². The van der Waals surface area contributed by atoms with E-state index in [0.717, 1.165) is 11.3 Å². The van der Waals surface area contributed by atoms with Crippen molar-refractivity contribution in [1.82, 2.24) is 4.98 Å². The SMILES string of the molecule is CNc1ccc(C)cc1C(=O)Nc1ccc(OC)nc1. The van der Waals surface area contributed by atoms with E-state index >= 15 is 0 Å². The molecular formula is C15H17N3O2. The molecule has 0 aliphatic rings. The zero-order valence-corrected chi connectivity index (χ0v) is 11.7. The maximum Gasteiger partial charge on any atom is 0.257 e. The van der Waals surface area contributed by atoms with Crippen LogP contribution in [-0.4, -0.2) is 25.0 Å². The molecule has 1 heterocycles. The number of aromatic nitrogens is 1. The first-order valence-electron chi connectivity index (χ1n) is 6.24. The Bertz CT molecular complexity index is 609. The molecule has 2 rings (SSSR count). The molecule has 0 fully saturated rings. The van der Waals surface area contributed by atoms with Crippen LogP contribution in [0.3, 0.4) is 0 Å². The molecule has 0 radical (unpaired) electrons. The number of aryl methyl sites for hydroxylation is 1. The third-order valence-electron chi connectivity index (χ3n) is 2.89. The average Bonchev–Trinajstić information content (AvgIpc) is 2.48. The van der Waals surface area contributed by atoms with E-state index in [1.165, 1.54) is 0 Å². The second-order valence-electron chi connectivity index (χ2n) is 4.34. The third-order valence-corrected chi connectivity index (χ3v) is 2.89. The summed E-state index contributed by atoms with van der Waals surface area (Å²) >= 11 is 0. The van der Waals surface area contributed by atoms with Crippen LogP contribution in [0.25, 0.3) is 0 Å². The van der Waals surface area contributed by atoms with E-state index in [4.69, 9.17) is 4.74 Å². The number of hydrogen-bond donors (Lipinski definition) is 2. The fourth-order valence-corrected chi connectivity index (χ4v) is 1.84. The number of carbonyl (C=O) groups excluding carboxylic acids is 1. The lowest BCUT2D eigenvalue weighted by atomic mass is 10.1. The number of nitrogens with one attached hydrogen (secondary N) is 2. The highest BCUT2D eigenvalue weighted by Crippen LogP contribution is 2.19. The molecule has 0 bridgehead atoms. The lowest BCUT2D eigenvalue weighted by Crippen LogP contribution is -2.14. The van der Waals surface area contributed by atoms with Gasteiger partial charge in [0.15, 0.2) is 0 Å². The normalized spacial score (nSPS) is 9.95. The van der Waals surface area contributed by atoms with Crippen molar-refractivity contribution >= 4 is 17.3 Å². The Morgan fingerprint density at radius 3 is 2.65 bits per heavy atom. The summed E-state index contributed by atoms with van der Waals surface area (Å²) in [6.07, 6.45) is 1.56. The van der Waals surface area contributed by atoms with Crippen LogP contribution in [0.4, 0.5) is 11.4 Å². The molecule has 2 N–H and O–H groups in total. The van der Waals surface area contributed by atoms with Crippen molar-refractivity contribution in [2.75, 3.05) is 24.8 Å². The molecule has 0 aliphatic carbocycles. The molecule has 0 spiro atoms. The number of hydrogen-bond acceptors (Lipinski definition) is 4. The summed E-state index contributed by atoms with van der Waals surface area (Å²) in [5, 5.41) is 5.83. The van der Waals surface area contributed by atoms with Crippen molar-refractivity contribution in [3.8, 4) is 5.88 Å². The maximum absolute atomic E-state index is 12.3. The molecule has 104 valence electrons. The van der Waals surface area contributed by atoms with Crippen molar-refractivity contribution in [1.29, 1.82) is 0 Å². The third kappa shape index (κ3) is 3.06. The summed E-state index contributed by atoms with van der Waals surface area (Å²) in [4.78, 5) is 16.3. The van der Waals surface area contributed by atoms with Gasteiger partial charge in [0.2, 0.25) is 5.88 Å². The Hall–Kier alpha value is -2.56. The highest BCUT2D eigenvalue weighted by molar-refractivity contribution is 6.08. The van der Waals surface area contributed by atoms with E-state index in [1.54, 1.807) is 32.5 Å². The van der Waals surface area contributed by atoms with Gasteiger partial charge in [-0.3, -0.25) is 4.79 Å². The molecule has 1 amide bonds. The molecule has 5 heteroatoms. The summed E-state index contributed by atoms with van der Waals surface area (Å²) in [5.41, 5.74) is 3.04. The van der Waals surface area contributed by atoms with Gasteiger partial charge >= 0.3 is 0 Å². The molecule has 0 unspecified atom stereocenters. The van der Waals surface area contributed by atoms with Gasteiger partial charge in [0.25, 0.3) is 5.91 Å². The Labute approximate surface area is 118 Å². The molecule has 5 nitrogen and oxygen atoms in total. The summed E-state index contributed by atoms with van der Waals surface area (Å²) in [7, 11) is 3.34. The van der Waals surface area contributed by atoms with Gasteiger partial charge in [0.1, 0.15) is 0 Å². The lowest BCUT2D eigenvalue weighted by Gasteiger charge is -2.11. The fourth-order valence-electron chi connectivity index (χ4n) is 1.84. The lowest BCUT2D eigenvalue weighted by molar-refractivity contribution is 0.102.